The summed E-state index contributed by atoms with van der Waals surface area (Å²) in [6.45, 7) is 0.668. The monoisotopic (exact) mass is 254 g/mol. The number of ether oxygens (including phenoxy) is 1. The molecule has 98 valence electrons. The molecular formula is C17H18O2. The maximum absolute atomic E-state index is 8.70. The third-order valence-electron chi connectivity index (χ3n) is 2.77. The molecule has 2 heteroatoms. The van der Waals surface area contributed by atoms with Crippen molar-refractivity contribution in [2.24, 2.45) is 0 Å². The third-order valence-corrected chi connectivity index (χ3v) is 2.77. The van der Waals surface area contributed by atoms with E-state index in [1.54, 1.807) is 6.08 Å². The van der Waals surface area contributed by atoms with Crippen LogP contribution in [0.25, 0.3) is 0 Å². The average molecular weight is 254 g/mol. The Hall–Kier alpha value is -2.06. The van der Waals surface area contributed by atoms with E-state index in [2.05, 4.69) is 6.07 Å². The minimum Gasteiger partial charge on any atom is -0.489 e. The lowest BCUT2D eigenvalue weighted by molar-refractivity contribution is 0.306. The Morgan fingerprint density at radius 1 is 0.895 bits per heavy atom. The molecule has 0 spiro atoms. The van der Waals surface area contributed by atoms with Gasteiger partial charge in [-0.1, -0.05) is 54.6 Å². The molecule has 0 saturated carbocycles. The minimum absolute atomic E-state index is 0.0875. The Labute approximate surface area is 114 Å². The van der Waals surface area contributed by atoms with Crippen LogP contribution in [0.5, 0.6) is 5.75 Å². The Bertz CT molecular complexity index is 518. The van der Waals surface area contributed by atoms with Crippen molar-refractivity contribution >= 4 is 0 Å². The molecule has 2 aromatic rings. The molecule has 0 unspecified atom stereocenters. The van der Waals surface area contributed by atoms with Gasteiger partial charge in [0.05, 0.1) is 6.61 Å². The van der Waals surface area contributed by atoms with Crippen LogP contribution < -0.4 is 4.74 Å². The molecular weight excluding hydrogens is 236 g/mol. The van der Waals surface area contributed by atoms with Gasteiger partial charge >= 0.3 is 0 Å². The maximum atomic E-state index is 8.70. The van der Waals surface area contributed by atoms with Crippen molar-refractivity contribution in [3.8, 4) is 5.75 Å². The van der Waals surface area contributed by atoms with Gasteiger partial charge in [0.2, 0.25) is 0 Å². The van der Waals surface area contributed by atoms with E-state index in [-0.39, 0.29) is 6.61 Å². The molecule has 1 N–H and O–H groups in total. The van der Waals surface area contributed by atoms with E-state index < -0.39 is 0 Å². The van der Waals surface area contributed by atoms with Gasteiger partial charge in [0.1, 0.15) is 12.4 Å². The van der Waals surface area contributed by atoms with Gasteiger partial charge in [-0.15, -0.1) is 0 Å². The molecule has 0 heterocycles. The van der Waals surface area contributed by atoms with Crippen LogP contribution in [-0.2, 0) is 13.0 Å². The van der Waals surface area contributed by atoms with E-state index in [9.17, 15) is 0 Å². The van der Waals surface area contributed by atoms with Crippen LogP contribution >= 0.6 is 0 Å². The van der Waals surface area contributed by atoms with Crippen molar-refractivity contribution in [3.05, 3.63) is 77.9 Å². The van der Waals surface area contributed by atoms with E-state index in [0.717, 1.165) is 17.7 Å². The van der Waals surface area contributed by atoms with Gasteiger partial charge in [-0.25, -0.2) is 0 Å². The first-order valence-corrected chi connectivity index (χ1v) is 6.40. The second-order valence-electron chi connectivity index (χ2n) is 4.28. The summed E-state index contributed by atoms with van der Waals surface area (Å²) in [5, 5.41) is 8.70. The highest BCUT2D eigenvalue weighted by Crippen LogP contribution is 2.15. The molecule has 0 radical (unpaired) electrons. The molecule has 0 aliphatic carbocycles. The third kappa shape index (κ3) is 4.60. The zero-order valence-electron chi connectivity index (χ0n) is 10.8. The summed E-state index contributed by atoms with van der Waals surface area (Å²) in [4.78, 5) is 0. The molecule has 0 aliphatic rings. The van der Waals surface area contributed by atoms with Crippen LogP contribution in [0.2, 0.25) is 0 Å². The van der Waals surface area contributed by atoms with Gasteiger partial charge in [0.25, 0.3) is 0 Å². The minimum atomic E-state index is 0.0875. The molecule has 0 aromatic heterocycles. The maximum Gasteiger partial charge on any atom is 0.120 e. The molecule has 0 fully saturated rings. The fourth-order valence-corrected chi connectivity index (χ4v) is 1.80. The van der Waals surface area contributed by atoms with E-state index in [1.807, 2.05) is 54.6 Å². The quantitative estimate of drug-likeness (QED) is 0.801. The number of aliphatic hydroxyl groups is 1. The lowest BCUT2D eigenvalue weighted by Crippen LogP contribution is -1.95. The summed E-state index contributed by atoms with van der Waals surface area (Å²) < 4.78 is 5.77. The van der Waals surface area contributed by atoms with Crippen LogP contribution in [0.3, 0.4) is 0 Å². The molecule has 0 amide bonds. The lowest BCUT2D eigenvalue weighted by atomic mass is 10.1. The largest absolute Gasteiger partial charge is 0.489 e. The number of hydrogen-bond acceptors (Lipinski definition) is 2. The second-order valence-corrected chi connectivity index (χ2v) is 4.28. The Balaban J connectivity index is 1.93. The number of aliphatic hydroxyl groups excluding tert-OH is 1. The molecule has 0 aliphatic heterocycles. The highest BCUT2D eigenvalue weighted by atomic mass is 16.5. The van der Waals surface area contributed by atoms with Crippen molar-refractivity contribution in [3.63, 3.8) is 0 Å². The summed E-state index contributed by atoms with van der Waals surface area (Å²) in [7, 11) is 0. The van der Waals surface area contributed by atoms with Gasteiger partial charge < -0.3 is 9.84 Å². The van der Waals surface area contributed by atoms with E-state index in [1.165, 1.54) is 5.56 Å². The normalized spacial score (nSPS) is 10.8. The Kier molecular flexibility index (Phi) is 5.20. The van der Waals surface area contributed by atoms with E-state index >= 15 is 0 Å². The molecule has 0 bridgehead atoms. The fraction of sp³-hybridized carbons (Fsp3) is 0.176. The zero-order valence-corrected chi connectivity index (χ0v) is 10.8. The molecule has 19 heavy (non-hydrogen) atoms. The predicted molar refractivity (Wildman–Crippen MR) is 77.1 cm³/mol. The van der Waals surface area contributed by atoms with Crippen molar-refractivity contribution in [1.82, 2.24) is 0 Å². The van der Waals surface area contributed by atoms with Gasteiger partial charge in [-0.05, 0) is 29.7 Å². The lowest BCUT2D eigenvalue weighted by Gasteiger charge is -2.07. The Morgan fingerprint density at radius 3 is 2.47 bits per heavy atom. The number of allylic oxidation sites excluding steroid dienone is 1. The number of rotatable bonds is 6. The average Bonchev–Trinajstić information content (AvgIpc) is 2.47. The SMILES string of the molecule is OCC=CCc1cccc(OCc2ccccc2)c1. The van der Waals surface area contributed by atoms with Gasteiger partial charge in [0, 0.05) is 0 Å². The summed E-state index contributed by atoms with van der Waals surface area (Å²) in [6, 6.07) is 18.1. The van der Waals surface area contributed by atoms with Crippen LogP contribution in [-0.4, -0.2) is 11.7 Å². The van der Waals surface area contributed by atoms with Crippen LogP contribution in [0, 0.1) is 0 Å². The molecule has 2 aromatic carbocycles. The first kappa shape index (κ1) is 13.4. The molecule has 0 saturated heterocycles. The summed E-state index contributed by atoms with van der Waals surface area (Å²) in [6.07, 6.45) is 4.51. The topological polar surface area (TPSA) is 29.5 Å². The highest BCUT2D eigenvalue weighted by molar-refractivity contribution is 5.30. The van der Waals surface area contributed by atoms with Crippen LogP contribution in [0.1, 0.15) is 11.1 Å². The van der Waals surface area contributed by atoms with Gasteiger partial charge in [-0.3, -0.25) is 0 Å². The van der Waals surface area contributed by atoms with Crippen molar-refractivity contribution < 1.29 is 9.84 Å². The summed E-state index contributed by atoms with van der Waals surface area (Å²) in [5.74, 6) is 0.874. The smallest absolute Gasteiger partial charge is 0.120 e. The Morgan fingerprint density at radius 2 is 1.68 bits per heavy atom. The first-order valence-electron chi connectivity index (χ1n) is 6.40. The van der Waals surface area contributed by atoms with Crippen molar-refractivity contribution in [2.45, 2.75) is 13.0 Å². The molecule has 2 nitrogen and oxygen atoms in total. The fourth-order valence-electron chi connectivity index (χ4n) is 1.80. The van der Waals surface area contributed by atoms with Crippen molar-refractivity contribution in [1.29, 1.82) is 0 Å². The van der Waals surface area contributed by atoms with Gasteiger partial charge in [-0.2, -0.15) is 0 Å². The number of hydrogen-bond donors (Lipinski definition) is 1. The molecule has 0 atom stereocenters. The van der Waals surface area contributed by atoms with Crippen LogP contribution in [0.15, 0.2) is 66.7 Å². The van der Waals surface area contributed by atoms with E-state index in [4.69, 9.17) is 9.84 Å². The zero-order chi connectivity index (χ0) is 13.3. The van der Waals surface area contributed by atoms with Crippen molar-refractivity contribution in [2.75, 3.05) is 6.61 Å². The van der Waals surface area contributed by atoms with Crippen LogP contribution in [0.4, 0.5) is 0 Å². The first-order chi connectivity index (χ1) is 9.38. The second kappa shape index (κ2) is 7.39. The summed E-state index contributed by atoms with van der Waals surface area (Å²) >= 11 is 0. The van der Waals surface area contributed by atoms with Gasteiger partial charge in [0.15, 0.2) is 0 Å². The van der Waals surface area contributed by atoms with E-state index in [0.29, 0.717) is 6.61 Å². The number of benzene rings is 2. The summed E-state index contributed by atoms with van der Waals surface area (Å²) in [5.41, 5.74) is 2.34. The molecule has 2 rings (SSSR count). The highest BCUT2D eigenvalue weighted by Gasteiger charge is 1.97. The predicted octanol–water partition coefficient (Wildman–Crippen LogP) is 3.36. The standard InChI is InChI=1S/C17H18O2/c18-12-5-4-7-15-10-6-11-17(13-15)19-14-16-8-2-1-3-9-16/h1-6,8-11,13,18H,7,12,14H2.